The molecule has 4 nitrogen and oxygen atoms in total. The molecule has 1 aromatic rings. The summed E-state index contributed by atoms with van der Waals surface area (Å²) in [6.07, 6.45) is 3.51. The molecule has 19 heavy (non-hydrogen) atoms. The molecule has 0 unspecified atom stereocenters. The van der Waals surface area contributed by atoms with E-state index in [4.69, 9.17) is 10.5 Å². The Hall–Kier alpha value is -1.55. The van der Waals surface area contributed by atoms with Crippen LogP contribution in [0.5, 0.6) is 5.75 Å². The van der Waals surface area contributed by atoms with E-state index in [9.17, 15) is 4.79 Å². The minimum absolute atomic E-state index is 0.107. The number of nitrogens with two attached hydrogens (primary N) is 1. The van der Waals surface area contributed by atoms with Gasteiger partial charge < -0.3 is 15.8 Å². The third-order valence-electron chi connectivity index (χ3n) is 4.46. The van der Waals surface area contributed by atoms with Crippen LogP contribution in [0.2, 0.25) is 0 Å². The van der Waals surface area contributed by atoms with Crippen LogP contribution in [0.4, 0.5) is 5.69 Å². The zero-order valence-corrected chi connectivity index (χ0v) is 11.5. The molecule has 0 radical (unpaired) electrons. The van der Waals surface area contributed by atoms with Crippen molar-refractivity contribution >= 4 is 11.6 Å². The van der Waals surface area contributed by atoms with Gasteiger partial charge in [0.2, 0.25) is 0 Å². The second kappa shape index (κ2) is 3.97. The first-order valence-electron chi connectivity index (χ1n) is 6.82. The van der Waals surface area contributed by atoms with E-state index in [0.717, 1.165) is 24.3 Å². The van der Waals surface area contributed by atoms with Crippen LogP contribution in [-0.2, 0) is 10.2 Å². The molecule has 1 fully saturated rings. The van der Waals surface area contributed by atoms with Crippen molar-refractivity contribution in [2.24, 2.45) is 5.73 Å². The molecule has 2 aliphatic rings. The SMILES string of the molecule is CC1(C)Oc2cc(C3(CN)CCC3)ccc2NC1=O. The minimum Gasteiger partial charge on any atom is -0.476 e. The molecule has 0 spiro atoms. The monoisotopic (exact) mass is 260 g/mol. The van der Waals surface area contributed by atoms with Crippen LogP contribution < -0.4 is 15.8 Å². The third-order valence-corrected chi connectivity index (χ3v) is 4.46. The van der Waals surface area contributed by atoms with E-state index in [0.29, 0.717) is 6.54 Å². The summed E-state index contributed by atoms with van der Waals surface area (Å²) in [5.41, 5.74) is 7.22. The lowest BCUT2D eigenvalue weighted by Crippen LogP contribution is -2.46. The van der Waals surface area contributed by atoms with Crippen molar-refractivity contribution in [1.82, 2.24) is 0 Å². The van der Waals surface area contributed by atoms with E-state index in [1.165, 1.54) is 12.0 Å². The second-order valence-corrected chi connectivity index (χ2v) is 6.12. The molecule has 102 valence electrons. The second-order valence-electron chi connectivity index (χ2n) is 6.12. The third kappa shape index (κ3) is 1.82. The lowest BCUT2D eigenvalue weighted by Gasteiger charge is -2.42. The summed E-state index contributed by atoms with van der Waals surface area (Å²) in [4.78, 5) is 11.8. The minimum atomic E-state index is -0.818. The van der Waals surface area contributed by atoms with Gasteiger partial charge in [0.15, 0.2) is 5.60 Å². The quantitative estimate of drug-likeness (QED) is 0.856. The van der Waals surface area contributed by atoms with Crippen molar-refractivity contribution in [3.8, 4) is 5.75 Å². The molecule has 1 aromatic carbocycles. The van der Waals surface area contributed by atoms with Crippen molar-refractivity contribution in [3.63, 3.8) is 0 Å². The molecule has 0 atom stereocenters. The Balaban J connectivity index is 1.99. The fourth-order valence-electron chi connectivity index (χ4n) is 2.85. The van der Waals surface area contributed by atoms with Crippen molar-refractivity contribution in [1.29, 1.82) is 0 Å². The molecule has 1 amide bonds. The topological polar surface area (TPSA) is 64.3 Å². The molecule has 0 bridgehead atoms. The molecule has 0 saturated heterocycles. The number of anilines is 1. The molecule has 1 aliphatic heterocycles. The van der Waals surface area contributed by atoms with Gasteiger partial charge in [0.25, 0.3) is 5.91 Å². The fraction of sp³-hybridized carbons (Fsp3) is 0.533. The normalized spacial score (nSPS) is 22.8. The number of hydrogen-bond donors (Lipinski definition) is 2. The highest BCUT2D eigenvalue weighted by molar-refractivity contribution is 6.00. The average Bonchev–Trinajstić information content (AvgIpc) is 2.30. The molecule has 3 rings (SSSR count). The molecule has 1 aliphatic carbocycles. The van der Waals surface area contributed by atoms with Gasteiger partial charge in [-0.1, -0.05) is 12.5 Å². The van der Waals surface area contributed by atoms with Crippen LogP contribution in [0.3, 0.4) is 0 Å². The van der Waals surface area contributed by atoms with Gasteiger partial charge in [-0.3, -0.25) is 4.79 Å². The first kappa shape index (κ1) is 12.5. The Morgan fingerprint density at radius 1 is 1.37 bits per heavy atom. The van der Waals surface area contributed by atoms with E-state index in [1.54, 1.807) is 13.8 Å². The maximum absolute atomic E-state index is 11.8. The molecule has 4 heteroatoms. The smallest absolute Gasteiger partial charge is 0.268 e. The summed E-state index contributed by atoms with van der Waals surface area (Å²) in [6.45, 7) is 4.22. The number of amides is 1. The van der Waals surface area contributed by atoms with Crippen LogP contribution in [0.25, 0.3) is 0 Å². The molecular weight excluding hydrogens is 240 g/mol. The number of rotatable bonds is 2. The molecule has 3 N–H and O–H groups in total. The van der Waals surface area contributed by atoms with E-state index in [1.807, 2.05) is 12.1 Å². The number of nitrogens with one attached hydrogen (secondary N) is 1. The molecule has 1 heterocycles. The highest BCUT2D eigenvalue weighted by Crippen LogP contribution is 2.45. The van der Waals surface area contributed by atoms with Gasteiger partial charge >= 0.3 is 0 Å². The van der Waals surface area contributed by atoms with Gasteiger partial charge in [0.05, 0.1) is 5.69 Å². The molecule has 0 aromatic heterocycles. The predicted octanol–water partition coefficient (Wildman–Crippen LogP) is 2.18. The largest absolute Gasteiger partial charge is 0.476 e. The van der Waals surface area contributed by atoms with Gasteiger partial charge in [-0.2, -0.15) is 0 Å². The van der Waals surface area contributed by atoms with E-state index in [-0.39, 0.29) is 11.3 Å². The predicted molar refractivity (Wildman–Crippen MR) is 74.4 cm³/mol. The number of hydrogen-bond acceptors (Lipinski definition) is 3. The summed E-state index contributed by atoms with van der Waals surface area (Å²) >= 11 is 0. The molecular formula is C15H20N2O2. The Morgan fingerprint density at radius 2 is 2.11 bits per heavy atom. The fourth-order valence-corrected chi connectivity index (χ4v) is 2.85. The molecule has 1 saturated carbocycles. The van der Waals surface area contributed by atoms with Crippen LogP contribution in [0, 0.1) is 0 Å². The van der Waals surface area contributed by atoms with Crippen LogP contribution in [0.15, 0.2) is 18.2 Å². The van der Waals surface area contributed by atoms with E-state index in [2.05, 4.69) is 11.4 Å². The van der Waals surface area contributed by atoms with Gasteiger partial charge in [-0.25, -0.2) is 0 Å². The van der Waals surface area contributed by atoms with E-state index < -0.39 is 5.60 Å². The average molecular weight is 260 g/mol. The van der Waals surface area contributed by atoms with Gasteiger partial charge in [0.1, 0.15) is 5.75 Å². The van der Waals surface area contributed by atoms with Crippen molar-refractivity contribution in [2.75, 3.05) is 11.9 Å². The maximum Gasteiger partial charge on any atom is 0.268 e. The number of carbonyl (C=O) groups is 1. The summed E-state index contributed by atoms with van der Waals surface area (Å²) in [6, 6.07) is 6.03. The van der Waals surface area contributed by atoms with Crippen molar-refractivity contribution in [3.05, 3.63) is 23.8 Å². The lowest BCUT2D eigenvalue weighted by atomic mass is 9.64. The zero-order chi connectivity index (χ0) is 13.7. The maximum atomic E-state index is 11.8. The Labute approximate surface area is 113 Å². The Kier molecular flexibility index (Phi) is 2.61. The number of benzene rings is 1. The van der Waals surface area contributed by atoms with Crippen LogP contribution >= 0.6 is 0 Å². The van der Waals surface area contributed by atoms with Gasteiger partial charge in [-0.05, 0) is 44.4 Å². The first-order chi connectivity index (χ1) is 8.97. The number of ether oxygens (including phenoxy) is 1. The van der Waals surface area contributed by atoms with Crippen LogP contribution in [0.1, 0.15) is 38.7 Å². The van der Waals surface area contributed by atoms with Crippen molar-refractivity contribution in [2.45, 2.75) is 44.1 Å². The van der Waals surface area contributed by atoms with Crippen molar-refractivity contribution < 1.29 is 9.53 Å². The lowest BCUT2D eigenvalue weighted by molar-refractivity contribution is -0.129. The highest BCUT2D eigenvalue weighted by Gasteiger charge is 2.40. The standard InChI is InChI=1S/C15H20N2O2/c1-14(2)13(18)17-11-5-4-10(8-12(11)19-14)15(9-16)6-3-7-15/h4-5,8H,3,6-7,9,16H2,1-2H3,(H,17,18). The Bertz CT molecular complexity index is 527. The van der Waals surface area contributed by atoms with Crippen LogP contribution in [-0.4, -0.2) is 18.1 Å². The van der Waals surface area contributed by atoms with Gasteiger partial charge in [-0.15, -0.1) is 0 Å². The summed E-state index contributed by atoms with van der Waals surface area (Å²) < 4.78 is 5.83. The highest BCUT2D eigenvalue weighted by atomic mass is 16.5. The Morgan fingerprint density at radius 3 is 2.68 bits per heavy atom. The number of carbonyl (C=O) groups excluding carboxylic acids is 1. The number of fused-ring (bicyclic) bond motifs is 1. The summed E-state index contributed by atoms with van der Waals surface area (Å²) in [5, 5.41) is 2.89. The van der Waals surface area contributed by atoms with E-state index >= 15 is 0 Å². The summed E-state index contributed by atoms with van der Waals surface area (Å²) in [5.74, 6) is 0.645. The zero-order valence-electron chi connectivity index (χ0n) is 11.5. The van der Waals surface area contributed by atoms with Gasteiger partial charge in [0, 0.05) is 12.0 Å². The first-order valence-corrected chi connectivity index (χ1v) is 6.82. The summed E-state index contributed by atoms with van der Waals surface area (Å²) in [7, 11) is 0.